The summed E-state index contributed by atoms with van der Waals surface area (Å²) in [5, 5.41) is 7.58. The Morgan fingerprint density at radius 2 is 1.63 bits per heavy atom. The molecule has 1 aromatic heterocycles. The fourth-order valence-corrected chi connectivity index (χ4v) is 7.51. The number of carbonyl (C=O) groups is 1. The minimum absolute atomic E-state index is 0.00590. The lowest BCUT2D eigenvalue weighted by atomic mass is 9.73. The molecule has 5 aromatic rings. The van der Waals surface area contributed by atoms with Gasteiger partial charge in [0, 0.05) is 35.5 Å². The number of piperidine rings is 3. The van der Waals surface area contributed by atoms with E-state index in [-0.39, 0.29) is 17.8 Å². The maximum Gasteiger partial charge on any atom is 0.416 e. The number of urea groups is 1. The van der Waals surface area contributed by atoms with E-state index in [2.05, 4.69) is 45.3 Å². The van der Waals surface area contributed by atoms with Crippen LogP contribution in [0.3, 0.4) is 0 Å². The lowest BCUT2D eigenvalue weighted by molar-refractivity contribution is -0.143. The molecule has 0 saturated carbocycles. The Kier molecular flexibility index (Phi) is 9.23. The highest BCUT2D eigenvalue weighted by Crippen LogP contribution is 2.44. The van der Waals surface area contributed by atoms with Gasteiger partial charge in [-0.15, -0.1) is 6.58 Å². The third-order valence-electron chi connectivity index (χ3n) is 9.99. The van der Waals surface area contributed by atoms with Gasteiger partial charge in [0.25, 0.3) is 0 Å². The second-order valence-electron chi connectivity index (χ2n) is 13.1. The molecule has 0 radical (unpaired) electrons. The molecule has 0 aliphatic carbocycles. The molecule has 1 unspecified atom stereocenters. The van der Waals surface area contributed by atoms with Crippen LogP contribution in [0, 0.1) is 11.8 Å². The normalized spacial score (nSPS) is 21.1. The summed E-state index contributed by atoms with van der Waals surface area (Å²) in [7, 11) is 0. The SMILES string of the molecule is C=C[C@H]1CN2CC[C@H]1C[C@@H]2[C@@H](OCc1cccc2ccccc12)c1ccnc2ccc(NC(=O)Nc3cc(C(F)(F)F)cc(C(F)(F)F)c3)cc12. The lowest BCUT2D eigenvalue weighted by Crippen LogP contribution is -2.55. The maximum absolute atomic E-state index is 13.4. The van der Waals surface area contributed by atoms with Crippen LogP contribution in [-0.4, -0.2) is 35.0 Å². The van der Waals surface area contributed by atoms with E-state index in [1.165, 1.54) is 0 Å². The van der Waals surface area contributed by atoms with Gasteiger partial charge in [-0.1, -0.05) is 48.5 Å². The van der Waals surface area contributed by atoms with E-state index in [9.17, 15) is 31.1 Å². The third kappa shape index (κ3) is 7.29. The van der Waals surface area contributed by atoms with E-state index in [1.54, 1.807) is 24.4 Å². The zero-order valence-corrected chi connectivity index (χ0v) is 27.3. The number of anilines is 2. The average Bonchev–Trinajstić information content (AvgIpc) is 3.11. The number of ether oxygens (including phenoxy) is 1. The van der Waals surface area contributed by atoms with Crippen LogP contribution in [0.1, 0.15) is 41.2 Å². The minimum Gasteiger partial charge on any atom is -0.367 e. The molecule has 8 rings (SSSR count). The molecule has 5 atom stereocenters. The van der Waals surface area contributed by atoms with Crippen LogP contribution in [0.4, 0.5) is 42.5 Å². The first-order chi connectivity index (χ1) is 24.4. The Morgan fingerprint density at radius 3 is 2.33 bits per heavy atom. The van der Waals surface area contributed by atoms with Crippen molar-refractivity contribution in [2.45, 2.75) is 43.9 Å². The molecule has 2 amide bonds. The molecule has 0 spiro atoms. The highest BCUT2D eigenvalue weighted by atomic mass is 19.4. The molecule has 3 aliphatic heterocycles. The van der Waals surface area contributed by atoms with Crippen molar-refractivity contribution in [1.29, 1.82) is 0 Å². The van der Waals surface area contributed by atoms with Gasteiger partial charge in [-0.3, -0.25) is 9.88 Å². The summed E-state index contributed by atoms with van der Waals surface area (Å²) in [6.45, 7) is 6.20. The van der Waals surface area contributed by atoms with Crippen molar-refractivity contribution in [1.82, 2.24) is 9.88 Å². The molecule has 6 nitrogen and oxygen atoms in total. The average molecular weight is 705 g/mol. The van der Waals surface area contributed by atoms with Gasteiger partial charge in [0.1, 0.15) is 0 Å². The van der Waals surface area contributed by atoms with Gasteiger partial charge in [-0.25, -0.2) is 4.79 Å². The quantitative estimate of drug-likeness (QED) is 0.125. The summed E-state index contributed by atoms with van der Waals surface area (Å²) in [6.07, 6.45) is -4.78. The summed E-state index contributed by atoms with van der Waals surface area (Å²) >= 11 is 0. The smallest absolute Gasteiger partial charge is 0.367 e. The number of pyridine rings is 1. The second kappa shape index (κ2) is 13.6. The molecule has 12 heteroatoms. The Labute approximate surface area is 290 Å². The zero-order valence-electron chi connectivity index (χ0n) is 27.3. The maximum atomic E-state index is 13.4. The number of benzene rings is 4. The van der Waals surface area contributed by atoms with Crippen molar-refractivity contribution in [2.24, 2.45) is 11.8 Å². The molecule has 4 aromatic carbocycles. The summed E-state index contributed by atoms with van der Waals surface area (Å²) in [5.41, 5.74) is -0.931. The van der Waals surface area contributed by atoms with Gasteiger partial charge < -0.3 is 15.4 Å². The Balaban J connectivity index is 1.20. The number of nitrogens with zero attached hydrogens (tertiary/aromatic N) is 2. The second-order valence-corrected chi connectivity index (χ2v) is 13.1. The highest BCUT2D eigenvalue weighted by molar-refractivity contribution is 6.01. The number of alkyl halides is 6. The molecule has 3 saturated heterocycles. The van der Waals surface area contributed by atoms with Crippen molar-refractivity contribution in [3.05, 3.63) is 126 Å². The van der Waals surface area contributed by atoms with E-state index in [4.69, 9.17) is 4.74 Å². The largest absolute Gasteiger partial charge is 0.416 e. The van der Waals surface area contributed by atoms with E-state index in [0.29, 0.717) is 41.5 Å². The van der Waals surface area contributed by atoms with Crippen molar-refractivity contribution in [3.8, 4) is 0 Å². The lowest BCUT2D eigenvalue weighted by Gasteiger charge is -2.51. The van der Waals surface area contributed by atoms with Crippen LogP contribution in [-0.2, 0) is 23.7 Å². The Bertz CT molecular complexity index is 2060. The summed E-state index contributed by atoms with van der Waals surface area (Å²) in [5.74, 6) is 0.852. The first-order valence-electron chi connectivity index (χ1n) is 16.6. The Morgan fingerprint density at radius 1 is 0.902 bits per heavy atom. The van der Waals surface area contributed by atoms with Crippen molar-refractivity contribution >= 4 is 39.1 Å². The number of halogens is 6. The van der Waals surface area contributed by atoms with Crippen LogP contribution in [0.2, 0.25) is 0 Å². The summed E-state index contributed by atoms with van der Waals surface area (Å²) in [6, 6.07) is 21.0. The topological polar surface area (TPSA) is 66.5 Å². The van der Waals surface area contributed by atoms with Crippen LogP contribution < -0.4 is 10.6 Å². The van der Waals surface area contributed by atoms with Gasteiger partial charge in [-0.2, -0.15) is 26.3 Å². The van der Waals surface area contributed by atoms with Crippen LogP contribution in [0.25, 0.3) is 21.7 Å². The fraction of sp³-hybridized carbons (Fsp3) is 0.282. The number of hydrogen-bond donors (Lipinski definition) is 2. The molecular formula is C39H34F6N4O2. The number of rotatable bonds is 8. The van der Waals surface area contributed by atoms with Gasteiger partial charge >= 0.3 is 18.4 Å². The number of amides is 2. The standard InChI is InChI=1S/C39H34F6N4O2/c1-2-23-21-49-15-13-25(23)16-35(49)36(51-22-26-8-5-7-24-6-3-4-9-31(24)26)32-12-14-46-34-11-10-29(20-33(32)34)47-37(50)48-30-18-27(38(40,41)42)17-28(19-30)39(43,44)45/h2-12,14,17-20,23,25,35-36H,1,13,15-16,21-22H2,(H2,47,48,50)/t23-,25-,35+,36-/m0/s1. The molecular weight excluding hydrogens is 670 g/mol. The van der Waals surface area contributed by atoms with E-state index >= 15 is 0 Å². The minimum atomic E-state index is -5.05. The zero-order chi connectivity index (χ0) is 35.9. The van der Waals surface area contributed by atoms with Crippen LogP contribution in [0.5, 0.6) is 0 Å². The number of aromatic nitrogens is 1. The van der Waals surface area contributed by atoms with Crippen LogP contribution in [0.15, 0.2) is 104 Å². The van der Waals surface area contributed by atoms with Gasteiger partial charge in [0.05, 0.1) is 29.4 Å². The monoisotopic (exact) mass is 704 g/mol. The summed E-state index contributed by atoms with van der Waals surface area (Å²) in [4.78, 5) is 20.0. The van der Waals surface area contributed by atoms with E-state index in [1.807, 2.05) is 36.4 Å². The molecule has 3 fully saturated rings. The molecule has 3 aliphatic rings. The number of carbonyl (C=O) groups excluding carboxylic acids is 1. The van der Waals surface area contributed by atoms with E-state index in [0.717, 1.165) is 47.8 Å². The highest BCUT2D eigenvalue weighted by Gasteiger charge is 2.43. The van der Waals surface area contributed by atoms with Crippen molar-refractivity contribution in [3.63, 3.8) is 0 Å². The van der Waals surface area contributed by atoms with Gasteiger partial charge in [0.2, 0.25) is 0 Å². The molecule has 2 bridgehead atoms. The molecule has 51 heavy (non-hydrogen) atoms. The predicted molar refractivity (Wildman–Crippen MR) is 184 cm³/mol. The number of fused-ring (bicyclic) bond motifs is 5. The molecule has 264 valence electrons. The van der Waals surface area contributed by atoms with Gasteiger partial charge in [0.15, 0.2) is 0 Å². The summed E-state index contributed by atoms with van der Waals surface area (Å²) < 4.78 is 87.3. The van der Waals surface area contributed by atoms with Gasteiger partial charge in [-0.05, 0) is 95.6 Å². The van der Waals surface area contributed by atoms with Crippen molar-refractivity contribution in [2.75, 3.05) is 23.7 Å². The van der Waals surface area contributed by atoms with Crippen molar-refractivity contribution < 1.29 is 35.9 Å². The predicted octanol–water partition coefficient (Wildman–Crippen LogP) is 10.2. The first kappa shape index (κ1) is 34.5. The van der Waals surface area contributed by atoms with Crippen LogP contribution >= 0.6 is 0 Å². The molecule has 2 N–H and O–H groups in total. The molecule has 4 heterocycles. The Hall–Kier alpha value is -4.94. The number of nitrogens with one attached hydrogen (secondary N) is 2. The third-order valence-corrected chi connectivity index (χ3v) is 9.99. The fourth-order valence-electron chi connectivity index (χ4n) is 7.51. The van der Waals surface area contributed by atoms with E-state index < -0.39 is 41.3 Å². The first-order valence-corrected chi connectivity index (χ1v) is 16.6. The number of hydrogen-bond acceptors (Lipinski definition) is 4.